The summed E-state index contributed by atoms with van der Waals surface area (Å²) in [5.74, 6) is 0.987. The number of aryl methyl sites for hydroxylation is 1. The molecule has 30 heavy (non-hydrogen) atoms. The molecule has 2 amide bonds. The summed E-state index contributed by atoms with van der Waals surface area (Å²) in [5.41, 5.74) is 3.92. The third-order valence-electron chi connectivity index (χ3n) is 6.08. The van der Waals surface area contributed by atoms with Gasteiger partial charge in [-0.05, 0) is 48.9 Å². The molecule has 0 N–H and O–H groups in total. The smallest absolute Gasteiger partial charge is 0.278 e. The van der Waals surface area contributed by atoms with Gasteiger partial charge in [0, 0.05) is 13.1 Å². The van der Waals surface area contributed by atoms with Crippen LogP contribution >= 0.6 is 0 Å². The molecule has 1 fully saturated rings. The Labute approximate surface area is 177 Å². The van der Waals surface area contributed by atoms with Crippen molar-refractivity contribution in [3.8, 4) is 5.75 Å². The maximum atomic E-state index is 13.5. The van der Waals surface area contributed by atoms with Crippen LogP contribution in [-0.4, -0.2) is 41.8 Å². The van der Waals surface area contributed by atoms with Crippen molar-refractivity contribution in [1.82, 2.24) is 9.80 Å². The first-order valence-electron chi connectivity index (χ1n) is 10.5. The Balaban J connectivity index is 1.68. The average Bonchev–Trinajstić information content (AvgIpc) is 3.00. The van der Waals surface area contributed by atoms with Crippen molar-refractivity contribution in [2.24, 2.45) is 5.92 Å². The van der Waals surface area contributed by atoms with Gasteiger partial charge in [0.1, 0.15) is 11.4 Å². The summed E-state index contributed by atoms with van der Waals surface area (Å²) in [6.45, 7) is 6.13. The van der Waals surface area contributed by atoms with Gasteiger partial charge in [-0.15, -0.1) is 0 Å². The number of carbonyl (C=O) groups is 2. The third-order valence-corrected chi connectivity index (χ3v) is 6.08. The maximum absolute atomic E-state index is 13.5. The molecule has 5 nitrogen and oxygen atoms in total. The molecule has 156 valence electrons. The van der Waals surface area contributed by atoms with Gasteiger partial charge in [0.05, 0.1) is 19.2 Å². The lowest BCUT2D eigenvalue weighted by Gasteiger charge is -2.32. The number of hydrogen-bond donors (Lipinski definition) is 0. The van der Waals surface area contributed by atoms with Gasteiger partial charge >= 0.3 is 0 Å². The van der Waals surface area contributed by atoms with Crippen molar-refractivity contribution >= 4 is 17.4 Å². The number of methoxy groups -OCH3 is 1. The quantitative estimate of drug-likeness (QED) is 0.707. The molecule has 2 aromatic rings. The van der Waals surface area contributed by atoms with Crippen molar-refractivity contribution in [1.29, 1.82) is 0 Å². The number of imide groups is 1. The van der Waals surface area contributed by atoms with E-state index in [-0.39, 0.29) is 18.4 Å². The highest BCUT2D eigenvalue weighted by atomic mass is 16.5. The van der Waals surface area contributed by atoms with Crippen molar-refractivity contribution in [2.45, 2.75) is 33.2 Å². The molecule has 0 aromatic heterocycles. The van der Waals surface area contributed by atoms with E-state index in [1.54, 1.807) is 7.11 Å². The molecule has 0 saturated carbocycles. The number of rotatable bonds is 5. The van der Waals surface area contributed by atoms with Crippen molar-refractivity contribution < 1.29 is 14.3 Å². The molecule has 2 aliphatic rings. The van der Waals surface area contributed by atoms with Gasteiger partial charge in [-0.3, -0.25) is 14.5 Å². The van der Waals surface area contributed by atoms with E-state index in [1.807, 2.05) is 55.5 Å². The fourth-order valence-corrected chi connectivity index (χ4v) is 4.13. The molecule has 2 heterocycles. The number of amides is 2. The van der Waals surface area contributed by atoms with Crippen LogP contribution in [0.15, 0.2) is 54.2 Å². The lowest BCUT2D eigenvalue weighted by Crippen LogP contribution is -2.38. The normalized spacial score (nSPS) is 17.8. The Hall–Kier alpha value is -3.08. The molecule has 0 aliphatic carbocycles. The van der Waals surface area contributed by atoms with Crippen LogP contribution in [-0.2, 0) is 16.1 Å². The summed E-state index contributed by atoms with van der Waals surface area (Å²) in [7, 11) is 1.62. The van der Waals surface area contributed by atoms with E-state index in [4.69, 9.17) is 4.74 Å². The molecule has 2 aliphatic heterocycles. The number of ether oxygens (including phenoxy) is 1. The summed E-state index contributed by atoms with van der Waals surface area (Å²) in [6.07, 6.45) is 2.06. The van der Waals surface area contributed by atoms with Gasteiger partial charge in [-0.25, -0.2) is 0 Å². The second-order valence-corrected chi connectivity index (χ2v) is 8.30. The zero-order chi connectivity index (χ0) is 21.3. The Bertz CT molecular complexity index is 968. The molecule has 4 rings (SSSR count). The standard InChI is InChI=1S/C25H28N2O3/c1-17-4-8-20(9-5-17)22-23(26-14-12-18(2)13-15-26)25(29)27(24(22)28)16-19-6-10-21(30-3)11-7-19/h4-11,18H,12-16H2,1-3H3. The summed E-state index contributed by atoms with van der Waals surface area (Å²) in [6, 6.07) is 15.4. The number of hydrogen-bond acceptors (Lipinski definition) is 4. The van der Waals surface area contributed by atoms with E-state index < -0.39 is 0 Å². The minimum Gasteiger partial charge on any atom is -0.497 e. The van der Waals surface area contributed by atoms with Gasteiger partial charge in [0.2, 0.25) is 0 Å². The minimum atomic E-state index is -0.215. The maximum Gasteiger partial charge on any atom is 0.278 e. The van der Waals surface area contributed by atoms with Crippen LogP contribution in [0.1, 0.15) is 36.5 Å². The summed E-state index contributed by atoms with van der Waals surface area (Å²) >= 11 is 0. The molecule has 2 aromatic carbocycles. The Morgan fingerprint density at radius 1 is 0.933 bits per heavy atom. The predicted octanol–water partition coefficient (Wildman–Crippen LogP) is 4.02. The summed E-state index contributed by atoms with van der Waals surface area (Å²) in [4.78, 5) is 30.4. The second kappa shape index (κ2) is 8.34. The van der Waals surface area contributed by atoms with Gasteiger partial charge in [-0.1, -0.05) is 48.9 Å². The van der Waals surface area contributed by atoms with Crippen LogP contribution in [0.2, 0.25) is 0 Å². The van der Waals surface area contributed by atoms with Crippen molar-refractivity contribution in [2.75, 3.05) is 20.2 Å². The first-order valence-corrected chi connectivity index (χ1v) is 10.5. The number of likely N-dealkylation sites (tertiary alicyclic amines) is 1. The molecule has 0 atom stereocenters. The highest BCUT2D eigenvalue weighted by Crippen LogP contribution is 2.34. The van der Waals surface area contributed by atoms with E-state index in [1.165, 1.54) is 4.90 Å². The number of nitrogens with zero attached hydrogens (tertiary/aromatic N) is 2. The van der Waals surface area contributed by atoms with Gasteiger partial charge < -0.3 is 9.64 Å². The van der Waals surface area contributed by atoms with Crippen LogP contribution < -0.4 is 4.74 Å². The van der Waals surface area contributed by atoms with Gasteiger partial charge in [0.15, 0.2) is 0 Å². The molecule has 0 unspecified atom stereocenters. The lowest BCUT2D eigenvalue weighted by atomic mass is 9.97. The molecule has 0 bridgehead atoms. The molecule has 5 heteroatoms. The fourth-order valence-electron chi connectivity index (χ4n) is 4.13. The van der Waals surface area contributed by atoms with Gasteiger partial charge in [-0.2, -0.15) is 0 Å². The highest BCUT2D eigenvalue weighted by Gasteiger charge is 2.42. The third kappa shape index (κ3) is 3.84. The van der Waals surface area contributed by atoms with Gasteiger partial charge in [0.25, 0.3) is 11.8 Å². The van der Waals surface area contributed by atoms with Crippen LogP contribution in [0.3, 0.4) is 0 Å². The molecule has 1 saturated heterocycles. The molecular formula is C25H28N2O3. The predicted molar refractivity (Wildman–Crippen MR) is 117 cm³/mol. The van der Waals surface area contributed by atoms with E-state index in [0.717, 1.165) is 48.4 Å². The Kier molecular flexibility index (Phi) is 5.62. The summed E-state index contributed by atoms with van der Waals surface area (Å²) in [5, 5.41) is 0. The van der Waals surface area contributed by atoms with Crippen molar-refractivity contribution in [3.63, 3.8) is 0 Å². The van der Waals surface area contributed by atoms with E-state index >= 15 is 0 Å². The van der Waals surface area contributed by atoms with Crippen LogP contribution in [0.5, 0.6) is 5.75 Å². The van der Waals surface area contributed by atoms with Crippen LogP contribution in [0.4, 0.5) is 0 Å². The van der Waals surface area contributed by atoms with E-state index in [2.05, 4.69) is 11.8 Å². The van der Waals surface area contributed by atoms with Crippen LogP contribution in [0, 0.1) is 12.8 Å². The first-order chi connectivity index (χ1) is 14.5. The molecule has 0 spiro atoms. The summed E-state index contributed by atoms with van der Waals surface area (Å²) < 4.78 is 5.21. The zero-order valence-electron chi connectivity index (χ0n) is 17.9. The first kappa shape index (κ1) is 20.2. The Morgan fingerprint density at radius 3 is 2.17 bits per heavy atom. The lowest BCUT2D eigenvalue weighted by molar-refractivity contribution is -0.138. The number of carbonyl (C=O) groups excluding carboxylic acids is 2. The van der Waals surface area contributed by atoms with Crippen LogP contribution in [0.25, 0.3) is 5.57 Å². The number of benzene rings is 2. The topological polar surface area (TPSA) is 49.9 Å². The molecular weight excluding hydrogens is 376 g/mol. The highest BCUT2D eigenvalue weighted by molar-refractivity contribution is 6.35. The van der Waals surface area contributed by atoms with E-state index in [0.29, 0.717) is 17.2 Å². The SMILES string of the molecule is COc1ccc(CN2C(=O)C(c3ccc(C)cc3)=C(N3CCC(C)CC3)C2=O)cc1. The second-order valence-electron chi connectivity index (χ2n) is 8.30. The monoisotopic (exact) mass is 404 g/mol. The largest absolute Gasteiger partial charge is 0.497 e. The van der Waals surface area contributed by atoms with Crippen molar-refractivity contribution in [3.05, 3.63) is 70.9 Å². The zero-order valence-corrected chi connectivity index (χ0v) is 17.9. The fraction of sp³-hybridized carbons (Fsp3) is 0.360. The Morgan fingerprint density at radius 2 is 1.57 bits per heavy atom. The minimum absolute atomic E-state index is 0.194. The average molecular weight is 405 g/mol. The number of piperidine rings is 1. The molecule has 0 radical (unpaired) electrons. The van der Waals surface area contributed by atoms with E-state index in [9.17, 15) is 9.59 Å².